The fourth-order valence-corrected chi connectivity index (χ4v) is 3.76. The van der Waals surface area contributed by atoms with Crippen molar-refractivity contribution in [3.05, 3.63) is 24.1 Å². The van der Waals surface area contributed by atoms with Gasteiger partial charge in [0.2, 0.25) is 11.8 Å². The summed E-state index contributed by atoms with van der Waals surface area (Å²) in [5, 5.41) is 12.5. The first-order chi connectivity index (χ1) is 13.1. The Balaban J connectivity index is 1.43. The SMILES string of the molecule is C#C[C@H]1CC[C@@H](C#N)N1C(=O)CNC1CCC(Oc2ccc(F)cn2)CC1. The molecule has 0 aromatic carbocycles. The van der Waals surface area contributed by atoms with Crippen molar-refractivity contribution in [1.29, 1.82) is 5.26 Å². The molecule has 3 rings (SSSR count). The number of nitrogens with zero attached hydrogens (tertiary/aromatic N) is 3. The maximum atomic E-state index is 12.9. The molecule has 2 heterocycles. The van der Waals surface area contributed by atoms with Gasteiger partial charge in [0.05, 0.1) is 24.9 Å². The Hall–Kier alpha value is -2.64. The van der Waals surface area contributed by atoms with Gasteiger partial charge in [0.15, 0.2) is 0 Å². The monoisotopic (exact) mass is 370 g/mol. The molecule has 0 radical (unpaired) electrons. The molecule has 0 unspecified atom stereocenters. The Kier molecular flexibility index (Phi) is 6.26. The third-order valence-electron chi connectivity index (χ3n) is 5.22. The summed E-state index contributed by atoms with van der Waals surface area (Å²) in [6.45, 7) is 0.187. The predicted molar refractivity (Wildman–Crippen MR) is 97.0 cm³/mol. The van der Waals surface area contributed by atoms with Crippen molar-refractivity contribution in [2.45, 2.75) is 62.8 Å². The van der Waals surface area contributed by atoms with Crippen LogP contribution in [0.5, 0.6) is 5.88 Å². The average molecular weight is 370 g/mol. The van der Waals surface area contributed by atoms with Crippen LogP contribution in [-0.4, -0.2) is 46.6 Å². The minimum absolute atomic E-state index is 0.0454. The molecule has 1 aliphatic carbocycles. The summed E-state index contributed by atoms with van der Waals surface area (Å²) in [5.74, 6) is 2.54. The summed E-state index contributed by atoms with van der Waals surface area (Å²) in [4.78, 5) is 18.0. The zero-order valence-electron chi connectivity index (χ0n) is 15.1. The number of amides is 1. The first-order valence-corrected chi connectivity index (χ1v) is 9.29. The highest BCUT2D eigenvalue weighted by molar-refractivity contribution is 5.80. The lowest BCUT2D eigenvalue weighted by molar-refractivity contribution is -0.131. The lowest BCUT2D eigenvalue weighted by atomic mass is 9.93. The van der Waals surface area contributed by atoms with Crippen LogP contribution in [0.15, 0.2) is 18.3 Å². The molecule has 1 aliphatic heterocycles. The quantitative estimate of drug-likeness (QED) is 0.803. The molecule has 1 saturated carbocycles. The standard InChI is InChI=1S/C20H23FN4O2/c1-2-16-6-7-17(11-22)25(16)20(26)13-23-15-4-8-18(9-5-15)27-19-10-3-14(21)12-24-19/h1,3,10,12,15-18,23H,4-9,13H2/t15?,16-,17-,18?/m0/s1. The summed E-state index contributed by atoms with van der Waals surface area (Å²) < 4.78 is 18.7. The summed E-state index contributed by atoms with van der Waals surface area (Å²) in [6.07, 6.45) is 11.4. The van der Waals surface area contributed by atoms with Crippen molar-refractivity contribution in [2.75, 3.05) is 6.54 Å². The minimum Gasteiger partial charge on any atom is -0.474 e. The maximum Gasteiger partial charge on any atom is 0.238 e. The van der Waals surface area contributed by atoms with Gasteiger partial charge in [-0.2, -0.15) is 5.26 Å². The van der Waals surface area contributed by atoms with Crippen LogP contribution in [0.4, 0.5) is 4.39 Å². The highest BCUT2D eigenvalue weighted by Crippen LogP contribution is 2.25. The summed E-state index contributed by atoms with van der Waals surface area (Å²) in [5.41, 5.74) is 0. The van der Waals surface area contributed by atoms with E-state index in [9.17, 15) is 14.4 Å². The van der Waals surface area contributed by atoms with Crippen LogP contribution in [0.1, 0.15) is 38.5 Å². The second-order valence-corrected chi connectivity index (χ2v) is 6.99. The zero-order valence-corrected chi connectivity index (χ0v) is 15.1. The van der Waals surface area contributed by atoms with Gasteiger partial charge in [0, 0.05) is 12.1 Å². The van der Waals surface area contributed by atoms with E-state index in [1.807, 2.05) is 0 Å². The maximum absolute atomic E-state index is 12.9. The zero-order chi connectivity index (χ0) is 19.2. The number of carbonyl (C=O) groups excluding carboxylic acids is 1. The molecule has 142 valence electrons. The molecular formula is C20H23FN4O2. The molecule has 1 aromatic rings. The molecule has 7 heteroatoms. The fourth-order valence-electron chi connectivity index (χ4n) is 3.76. The van der Waals surface area contributed by atoms with Gasteiger partial charge in [-0.3, -0.25) is 4.79 Å². The van der Waals surface area contributed by atoms with E-state index >= 15 is 0 Å². The fraction of sp³-hybridized carbons (Fsp3) is 0.550. The predicted octanol–water partition coefficient (Wildman–Crippen LogP) is 2.02. The molecule has 6 nitrogen and oxygen atoms in total. The van der Waals surface area contributed by atoms with Crippen LogP contribution in [0.3, 0.4) is 0 Å². The summed E-state index contributed by atoms with van der Waals surface area (Å²) >= 11 is 0. The molecule has 2 fully saturated rings. The van der Waals surface area contributed by atoms with Gasteiger partial charge in [0.1, 0.15) is 18.0 Å². The number of likely N-dealkylation sites (tertiary alicyclic amines) is 1. The van der Waals surface area contributed by atoms with Crippen LogP contribution in [0.25, 0.3) is 0 Å². The van der Waals surface area contributed by atoms with Gasteiger partial charge in [-0.05, 0) is 44.6 Å². The second kappa shape index (κ2) is 8.83. The number of pyridine rings is 1. The summed E-state index contributed by atoms with van der Waals surface area (Å²) in [7, 11) is 0. The number of nitriles is 1. The van der Waals surface area contributed by atoms with Crippen LogP contribution in [0, 0.1) is 29.5 Å². The third kappa shape index (κ3) is 4.75. The van der Waals surface area contributed by atoms with Gasteiger partial charge in [-0.1, -0.05) is 5.92 Å². The smallest absolute Gasteiger partial charge is 0.238 e. The number of hydrogen-bond donors (Lipinski definition) is 1. The van der Waals surface area contributed by atoms with Crippen LogP contribution >= 0.6 is 0 Å². The number of rotatable bonds is 5. The van der Waals surface area contributed by atoms with E-state index in [1.54, 1.807) is 4.90 Å². The first kappa shape index (κ1) is 19.1. The van der Waals surface area contributed by atoms with Crippen molar-refractivity contribution in [3.8, 4) is 24.3 Å². The van der Waals surface area contributed by atoms with Crippen LogP contribution < -0.4 is 10.1 Å². The topological polar surface area (TPSA) is 78.2 Å². The van der Waals surface area contributed by atoms with Crippen molar-refractivity contribution >= 4 is 5.91 Å². The van der Waals surface area contributed by atoms with Gasteiger partial charge >= 0.3 is 0 Å². The number of hydrogen-bond acceptors (Lipinski definition) is 5. The van der Waals surface area contributed by atoms with Crippen molar-refractivity contribution in [3.63, 3.8) is 0 Å². The average Bonchev–Trinajstić information content (AvgIpc) is 3.12. The lowest BCUT2D eigenvalue weighted by Gasteiger charge is -2.30. The van der Waals surface area contributed by atoms with Crippen molar-refractivity contribution in [2.24, 2.45) is 0 Å². The normalized spacial score (nSPS) is 27.6. The van der Waals surface area contributed by atoms with E-state index in [0.29, 0.717) is 18.7 Å². The first-order valence-electron chi connectivity index (χ1n) is 9.29. The van der Waals surface area contributed by atoms with Gasteiger partial charge in [-0.25, -0.2) is 9.37 Å². The molecule has 1 aromatic heterocycles. The van der Waals surface area contributed by atoms with Gasteiger partial charge in [0.25, 0.3) is 0 Å². The second-order valence-electron chi connectivity index (χ2n) is 6.99. The van der Waals surface area contributed by atoms with E-state index in [0.717, 1.165) is 31.9 Å². The highest BCUT2D eigenvalue weighted by Gasteiger charge is 2.36. The van der Waals surface area contributed by atoms with Gasteiger partial charge < -0.3 is 15.0 Å². The highest BCUT2D eigenvalue weighted by atomic mass is 19.1. The van der Waals surface area contributed by atoms with Crippen LogP contribution in [-0.2, 0) is 4.79 Å². The largest absolute Gasteiger partial charge is 0.474 e. The molecule has 2 atom stereocenters. The number of carbonyl (C=O) groups is 1. The Labute approximate surface area is 158 Å². The molecule has 1 N–H and O–H groups in total. The van der Waals surface area contributed by atoms with E-state index < -0.39 is 6.04 Å². The Morgan fingerprint density at radius 3 is 2.67 bits per heavy atom. The summed E-state index contributed by atoms with van der Waals surface area (Å²) in [6, 6.07) is 4.55. The van der Waals surface area contributed by atoms with E-state index in [4.69, 9.17) is 11.2 Å². The van der Waals surface area contributed by atoms with Gasteiger partial charge in [-0.15, -0.1) is 6.42 Å². The number of ether oxygens (including phenoxy) is 1. The molecule has 1 amide bonds. The lowest BCUT2D eigenvalue weighted by Crippen LogP contribution is -2.47. The molecule has 1 saturated heterocycles. The van der Waals surface area contributed by atoms with Crippen molar-refractivity contribution < 1.29 is 13.9 Å². The van der Waals surface area contributed by atoms with Crippen LogP contribution in [0.2, 0.25) is 0 Å². The van der Waals surface area contributed by atoms with E-state index in [1.165, 1.54) is 12.1 Å². The molecular weight excluding hydrogens is 347 g/mol. The Morgan fingerprint density at radius 2 is 2.04 bits per heavy atom. The number of terminal acetylenes is 1. The van der Waals surface area contributed by atoms with Crippen molar-refractivity contribution in [1.82, 2.24) is 15.2 Å². The number of aromatic nitrogens is 1. The Morgan fingerprint density at radius 1 is 1.30 bits per heavy atom. The number of nitrogens with one attached hydrogen (secondary N) is 1. The van der Waals surface area contributed by atoms with E-state index in [2.05, 4.69) is 22.3 Å². The molecule has 2 aliphatic rings. The molecule has 0 bridgehead atoms. The number of halogens is 1. The minimum atomic E-state index is -0.423. The van der Waals surface area contributed by atoms with E-state index in [-0.39, 0.29) is 36.5 Å². The molecule has 0 spiro atoms. The Bertz CT molecular complexity index is 710. The third-order valence-corrected chi connectivity index (χ3v) is 5.22. The molecule has 27 heavy (non-hydrogen) atoms.